The maximum atomic E-state index is 14.9. The Morgan fingerprint density at radius 3 is 2.76 bits per heavy atom. The fourth-order valence-corrected chi connectivity index (χ4v) is 3.86. The molecular weight excluding hydrogens is 411 g/mol. The maximum Gasteiger partial charge on any atom is 0.738 e. The molecule has 0 bridgehead atoms. The Bertz CT molecular complexity index is 852. The summed E-state index contributed by atoms with van der Waals surface area (Å²) in [5.74, 6) is 0.444. The molecule has 2 aromatic heterocycles. The Morgan fingerprint density at radius 1 is 1.24 bits per heavy atom. The highest BCUT2D eigenvalue weighted by molar-refractivity contribution is 9.18. The molecule has 0 aliphatic carbocycles. The van der Waals surface area contributed by atoms with Crippen LogP contribution in [0.3, 0.4) is 0 Å². The molecule has 0 atom stereocenters. The number of halogens is 4. The van der Waals surface area contributed by atoms with E-state index in [4.69, 9.17) is 4.42 Å². The standard InChI is InChI=1S/C12H6BBr2F2N3O/c14-10-3-1-7-12(9-5-18-6-21-9)8-2-4-11(15)20(8)13(16,17)19(7)10/h1-6H. The van der Waals surface area contributed by atoms with Crippen molar-refractivity contribution in [2.75, 3.05) is 0 Å². The van der Waals surface area contributed by atoms with Crippen molar-refractivity contribution < 1.29 is 17.5 Å². The molecule has 4 nitrogen and oxygen atoms in total. The van der Waals surface area contributed by atoms with Crippen LogP contribution in [-0.4, -0.2) is 25.5 Å². The van der Waals surface area contributed by atoms with Gasteiger partial charge in [-0.1, -0.05) is 0 Å². The quantitative estimate of drug-likeness (QED) is 0.665. The van der Waals surface area contributed by atoms with E-state index in [1.807, 2.05) is 0 Å². The summed E-state index contributed by atoms with van der Waals surface area (Å²) < 4.78 is 37.6. The number of rotatable bonds is 1. The fraction of sp³-hybridized carbons (Fsp3) is 0. The summed E-state index contributed by atoms with van der Waals surface area (Å²) in [5, 5.41) is 0. The average molecular weight is 417 g/mol. The second kappa shape index (κ2) is 4.26. The molecule has 0 aromatic carbocycles. The van der Waals surface area contributed by atoms with E-state index in [2.05, 4.69) is 36.8 Å². The molecule has 21 heavy (non-hydrogen) atoms. The van der Waals surface area contributed by atoms with E-state index in [1.54, 1.807) is 24.3 Å². The molecule has 2 aliphatic rings. The number of allylic oxidation sites excluding steroid dienone is 2. The first kappa shape index (κ1) is 13.2. The molecule has 0 saturated heterocycles. The molecule has 0 spiro atoms. The summed E-state index contributed by atoms with van der Waals surface area (Å²) in [5.41, 5.74) is 1.36. The maximum absolute atomic E-state index is 14.9. The van der Waals surface area contributed by atoms with Crippen molar-refractivity contribution in [2.45, 2.75) is 0 Å². The second-order valence-electron chi connectivity index (χ2n) is 4.65. The van der Waals surface area contributed by atoms with Gasteiger partial charge < -0.3 is 22.0 Å². The van der Waals surface area contributed by atoms with Crippen LogP contribution >= 0.6 is 31.9 Å². The third-order valence-corrected chi connectivity index (χ3v) is 4.84. The molecule has 9 heteroatoms. The van der Waals surface area contributed by atoms with Crippen molar-refractivity contribution in [1.29, 1.82) is 0 Å². The summed E-state index contributed by atoms with van der Waals surface area (Å²) in [6.07, 6.45) is 6.04. The first-order valence-corrected chi connectivity index (χ1v) is 7.63. The number of hydrogen-bond donors (Lipinski definition) is 0. The molecule has 0 saturated carbocycles. The summed E-state index contributed by atoms with van der Waals surface area (Å²) in [4.78, 5) is 3.88. The number of oxazole rings is 1. The summed E-state index contributed by atoms with van der Waals surface area (Å²) in [6.45, 7) is -3.99. The Labute approximate surface area is 134 Å². The van der Waals surface area contributed by atoms with Gasteiger partial charge in [-0.2, -0.15) is 0 Å². The van der Waals surface area contributed by atoms with Crippen LogP contribution in [0.5, 0.6) is 0 Å². The molecule has 106 valence electrons. The Balaban J connectivity index is 2.14. The van der Waals surface area contributed by atoms with Crippen LogP contribution in [0, 0.1) is 0 Å². The third kappa shape index (κ3) is 1.64. The van der Waals surface area contributed by atoms with Gasteiger partial charge in [-0.15, -0.1) is 0 Å². The van der Waals surface area contributed by atoms with Crippen LogP contribution < -0.4 is 0 Å². The fourth-order valence-electron chi connectivity index (χ4n) is 2.72. The lowest BCUT2D eigenvalue weighted by atomic mass is 9.88. The number of nitrogens with zero attached hydrogens (tertiary/aromatic N) is 3. The Morgan fingerprint density at radius 2 is 2.05 bits per heavy atom. The predicted molar refractivity (Wildman–Crippen MR) is 81.4 cm³/mol. The number of fused-ring (bicyclic) bond motifs is 2. The molecule has 4 rings (SSSR count). The van der Waals surface area contributed by atoms with Crippen molar-refractivity contribution in [1.82, 2.24) is 9.46 Å². The Kier molecular flexibility index (Phi) is 2.68. The van der Waals surface area contributed by atoms with Crippen molar-refractivity contribution in [3.63, 3.8) is 0 Å². The van der Waals surface area contributed by atoms with Crippen LogP contribution in [0.2, 0.25) is 0 Å². The van der Waals surface area contributed by atoms with E-state index in [9.17, 15) is 8.63 Å². The van der Waals surface area contributed by atoms with Gasteiger partial charge in [-0.05, 0) is 28.1 Å². The lowest BCUT2D eigenvalue weighted by Gasteiger charge is -2.31. The van der Waals surface area contributed by atoms with E-state index in [0.717, 1.165) is 8.96 Å². The van der Waals surface area contributed by atoms with Crippen LogP contribution in [0.15, 0.2) is 51.6 Å². The molecule has 0 amide bonds. The van der Waals surface area contributed by atoms with E-state index in [-0.39, 0.29) is 0 Å². The lowest BCUT2D eigenvalue weighted by Crippen LogP contribution is -2.50. The monoisotopic (exact) mass is 415 g/mol. The minimum Gasteiger partial charge on any atom is -0.443 e. The largest absolute Gasteiger partial charge is 0.738 e. The molecule has 2 aromatic rings. The van der Waals surface area contributed by atoms with E-state index in [0.29, 0.717) is 31.9 Å². The van der Waals surface area contributed by atoms with Crippen LogP contribution in [-0.2, 0) is 0 Å². The lowest BCUT2D eigenvalue weighted by molar-refractivity contribution is -0.358. The molecule has 0 radical (unpaired) electrons. The highest BCUT2D eigenvalue weighted by Crippen LogP contribution is 2.41. The van der Waals surface area contributed by atoms with Gasteiger partial charge >= 0.3 is 6.97 Å². The zero-order valence-electron chi connectivity index (χ0n) is 10.3. The summed E-state index contributed by atoms with van der Waals surface area (Å²) in [7, 11) is 0. The first-order chi connectivity index (χ1) is 10.0. The average Bonchev–Trinajstić information content (AvgIpc) is 3.11. The molecule has 2 aliphatic heterocycles. The zero-order chi connectivity index (χ0) is 14.8. The molecule has 0 fully saturated rings. The minimum absolute atomic E-state index is 0.311. The highest BCUT2D eigenvalue weighted by Gasteiger charge is 2.54. The predicted octanol–water partition coefficient (Wildman–Crippen LogP) is 3.61. The topological polar surface area (TPSA) is 34.0 Å². The first-order valence-electron chi connectivity index (χ1n) is 6.04. The van der Waals surface area contributed by atoms with Crippen LogP contribution in [0.4, 0.5) is 8.63 Å². The van der Waals surface area contributed by atoms with Crippen molar-refractivity contribution in [2.24, 2.45) is 0 Å². The van der Waals surface area contributed by atoms with Gasteiger partial charge in [0.25, 0.3) is 0 Å². The van der Waals surface area contributed by atoms with Gasteiger partial charge in [0, 0.05) is 33.8 Å². The van der Waals surface area contributed by atoms with Crippen molar-refractivity contribution in [3.8, 4) is 0 Å². The highest BCUT2D eigenvalue weighted by atomic mass is 79.9. The van der Waals surface area contributed by atoms with Gasteiger partial charge in [0.15, 0.2) is 17.9 Å². The number of aromatic nitrogens is 2. The molecule has 0 N–H and O–H groups in total. The third-order valence-electron chi connectivity index (χ3n) is 3.55. The van der Waals surface area contributed by atoms with E-state index >= 15 is 0 Å². The molecule has 4 heterocycles. The van der Waals surface area contributed by atoms with Gasteiger partial charge in [-0.25, -0.2) is 4.98 Å². The second-order valence-corrected chi connectivity index (χ2v) is 6.28. The number of hydrogen-bond acceptors (Lipinski definition) is 2. The van der Waals surface area contributed by atoms with Gasteiger partial charge in [0.05, 0.1) is 10.8 Å². The SMILES string of the molecule is F[B-]1(F)n2c(Br)ccc2C(c2cnco2)=C2C=CC(Br)=[N+]21. The summed E-state index contributed by atoms with van der Waals surface area (Å²) in [6, 6.07) is 3.24. The summed E-state index contributed by atoms with van der Waals surface area (Å²) >= 11 is 6.39. The minimum atomic E-state index is -3.99. The molecular formula is C12H6BBr2F2N3O. The van der Waals surface area contributed by atoms with Crippen molar-refractivity contribution >= 4 is 49.0 Å². The van der Waals surface area contributed by atoms with Gasteiger partial charge in [0.1, 0.15) is 5.57 Å². The normalized spacial score (nSPS) is 19.2. The zero-order valence-corrected chi connectivity index (χ0v) is 13.5. The van der Waals surface area contributed by atoms with Gasteiger partial charge in [-0.3, -0.25) is 0 Å². The molecule has 0 unspecified atom stereocenters. The van der Waals surface area contributed by atoms with Crippen LogP contribution in [0.1, 0.15) is 11.5 Å². The van der Waals surface area contributed by atoms with Gasteiger partial charge in [0.2, 0.25) is 4.62 Å². The van der Waals surface area contributed by atoms with E-state index in [1.165, 1.54) is 12.6 Å². The smallest absolute Gasteiger partial charge is 0.443 e. The van der Waals surface area contributed by atoms with E-state index < -0.39 is 6.97 Å². The van der Waals surface area contributed by atoms with Crippen molar-refractivity contribution in [3.05, 3.63) is 58.6 Å². The van der Waals surface area contributed by atoms with Crippen LogP contribution in [0.25, 0.3) is 5.57 Å². The Hall–Kier alpha value is -1.48.